The number of hydrogen-bond acceptors (Lipinski definition) is 4. The van der Waals surface area contributed by atoms with Crippen LogP contribution in [0.25, 0.3) is 0 Å². The average Bonchev–Trinajstić information content (AvgIpc) is 2.99. The number of amides is 2. The number of nitrogens with one attached hydrogen (secondary N) is 2. The second-order valence-electron chi connectivity index (χ2n) is 4.85. The average molecular weight is 318 g/mol. The van der Waals surface area contributed by atoms with E-state index in [1.807, 2.05) is 13.8 Å². The Labute approximate surface area is 131 Å². The summed E-state index contributed by atoms with van der Waals surface area (Å²) in [4.78, 5) is 23.9. The monoisotopic (exact) mass is 317 g/mol. The summed E-state index contributed by atoms with van der Waals surface area (Å²) in [5, 5.41) is 5.51. The number of carbonyl (C=O) groups excluding carboxylic acids is 2. The zero-order valence-corrected chi connectivity index (χ0v) is 13.5. The minimum absolute atomic E-state index is 0. The molecule has 0 saturated carbocycles. The summed E-state index contributed by atoms with van der Waals surface area (Å²) in [5.41, 5.74) is 5.32. The molecule has 0 fully saturated rings. The van der Waals surface area contributed by atoms with Crippen LogP contribution in [0.4, 0.5) is 0 Å². The number of carbonyl (C=O) groups is 2. The van der Waals surface area contributed by atoms with Crippen LogP contribution < -0.4 is 16.4 Å². The largest absolute Gasteiger partial charge is 0.459 e. The van der Waals surface area contributed by atoms with Crippen LogP contribution in [0.1, 0.15) is 44.2 Å². The summed E-state index contributed by atoms with van der Waals surface area (Å²) < 4.78 is 4.98. The summed E-state index contributed by atoms with van der Waals surface area (Å²) in [6.45, 7) is 5.94. The van der Waals surface area contributed by atoms with Crippen molar-refractivity contribution in [3.63, 3.8) is 0 Å². The third-order valence-corrected chi connectivity index (χ3v) is 3.62. The lowest BCUT2D eigenvalue weighted by atomic mass is 9.92. The second-order valence-corrected chi connectivity index (χ2v) is 4.85. The Hall–Kier alpha value is -1.53. The van der Waals surface area contributed by atoms with Crippen molar-refractivity contribution >= 4 is 24.2 Å². The smallest absolute Gasteiger partial charge is 0.287 e. The quantitative estimate of drug-likeness (QED) is 0.709. The molecule has 0 aliphatic carbocycles. The van der Waals surface area contributed by atoms with Crippen LogP contribution in [0.15, 0.2) is 22.8 Å². The molecule has 1 rings (SSSR count). The molecule has 7 heteroatoms. The van der Waals surface area contributed by atoms with Gasteiger partial charge >= 0.3 is 0 Å². The van der Waals surface area contributed by atoms with Crippen molar-refractivity contribution in [3.05, 3.63) is 24.2 Å². The van der Waals surface area contributed by atoms with E-state index >= 15 is 0 Å². The molecule has 0 aliphatic heterocycles. The highest BCUT2D eigenvalue weighted by molar-refractivity contribution is 5.95. The number of furan rings is 1. The van der Waals surface area contributed by atoms with E-state index in [0.29, 0.717) is 6.54 Å². The van der Waals surface area contributed by atoms with E-state index in [9.17, 15) is 9.59 Å². The van der Waals surface area contributed by atoms with E-state index in [4.69, 9.17) is 10.2 Å². The zero-order chi connectivity index (χ0) is 15.2. The first kappa shape index (κ1) is 19.5. The fraction of sp³-hybridized carbons (Fsp3) is 0.571. The zero-order valence-electron chi connectivity index (χ0n) is 12.6. The number of rotatable bonds is 7. The number of halogens is 1. The normalized spacial score (nSPS) is 12.2. The number of hydrogen-bond donors (Lipinski definition) is 3. The first-order valence-corrected chi connectivity index (χ1v) is 6.84. The van der Waals surface area contributed by atoms with Gasteiger partial charge in [-0.3, -0.25) is 9.59 Å². The fourth-order valence-corrected chi connectivity index (χ4v) is 1.88. The molecule has 1 aromatic rings. The van der Waals surface area contributed by atoms with Crippen LogP contribution in [0, 0.1) is 0 Å². The van der Waals surface area contributed by atoms with E-state index in [0.717, 1.165) is 12.8 Å². The molecule has 1 heterocycles. The Balaban J connectivity index is 0.00000400. The lowest BCUT2D eigenvalue weighted by Crippen LogP contribution is -2.57. The van der Waals surface area contributed by atoms with Crippen molar-refractivity contribution in [2.24, 2.45) is 5.73 Å². The Bertz CT molecular complexity index is 436. The lowest BCUT2D eigenvalue weighted by Gasteiger charge is -2.32. The maximum absolute atomic E-state index is 12.1. The van der Waals surface area contributed by atoms with Gasteiger partial charge in [-0.25, -0.2) is 0 Å². The molecule has 6 nitrogen and oxygen atoms in total. The molecule has 0 aliphatic rings. The van der Waals surface area contributed by atoms with Crippen LogP contribution in [0.3, 0.4) is 0 Å². The molecule has 0 spiro atoms. The molecule has 0 bridgehead atoms. The Morgan fingerprint density at radius 1 is 1.38 bits per heavy atom. The molecule has 0 radical (unpaired) electrons. The van der Waals surface area contributed by atoms with Gasteiger partial charge in [-0.15, -0.1) is 12.4 Å². The highest BCUT2D eigenvalue weighted by atomic mass is 35.5. The number of nitrogens with two attached hydrogens (primary N) is 1. The SMILES string of the molecule is CCC(CC)(CN)NC(=O)C(C)NC(=O)c1ccco1.Cl. The molecule has 120 valence electrons. The van der Waals surface area contributed by atoms with Gasteiger partial charge < -0.3 is 20.8 Å². The lowest BCUT2D eigenvalue weighted by molar-refractivity contribution is -0.124. The van der Waals surface area contributed by atoms with Crippen LogP contribution in [0.5, 0.6) is 0 Å². The third kappa shape index (κ3) is 5.06. The van der Waals surface area contributed by atoms with E-state index in [2.05, 4.69) is 10.6 Å². The molecular formula is C14H24ClN3O3. The summed E-state index contributed by atoms with van der Waals surface area (Å²) in [5.74, 6) is -0.483. The minimum Gasteiger partial charge on any atom is -0.459 e. The highest BCUT2D eigenvalue weighted by Crippen LogP contribution is 2.13. The first-order chi connectivity index (χ1) is 9.48. The summed E-state index contributed by atoms with van der Waals surface area (Å²) >= 11 is 0. The van der Waals surface area contributed by atoms with Gasteiger partial charge in [-0.05, 0) is 31.9 Å². The predicted octanol–water partition coefficient (Wildman–Crippen LogP) is 1.45. The van der Waals surface area contributed by atoms with E-state index in [-0.39, 0.29) is 24.1 Å². The molecular weight excluding hydrogens is 294 g/mol. The maximum atomic E-state index is 12.1. The molecule has 1 unspecified atom stereocenters. The minimum atomic E-state index is -0.656. The van der Waals surface area contributed by atoms with Gasteiger partial charge in [0.1, 0.15) is 6.04 Å². The maximum Gasteiger partial charge on any atom is 0.287 e. The molecule has 0 aromatic carbocycles. The first-order valence-electron chi connectivity index (χ1n) is 6.84. The predicted molar refractivity (Wildman–Crippen MR) is 83.4 cm³/mol. The molecule has 2 amide bonds. The third-order valence-electron chi connectivity index (χ3n) is 3.62. The van der Waals surface area contributed by atoms with Crippen LogP contribution in [-0.2, 0) is 4.79 Å². The highest BCUT2D eigenvalue weighted by Gasteiger charge is 2.29. The van der Waals surface area contributed by atoms with Gasteiger partial charge in [0.15, 0.2) is 5.76 Å². The Kier molecular flexibility index (Phi) is 8.06. The molecule has 4 N–H and O–H groups in total. The van der Waals surface area contributed by atoms with Crippen molar-refractivity contribution in [2.45, 2.75) is 45.2 Å². The Morgan fingerprint density at radius 3 is 2.43 bits per heavy atom. The van der Waals surface area contributed by atoms with Crippen LogP contribution in [-0.4, -0.2) is 29.9 Å². The summed E-state index contributed by atoms with van der Waals surface area (Å²) in [6.07, 6.45) is 2.89. The summed E-state index contributed by atoms with van der Waals surface area (Å²) in [6, 6.07) is 2.51. The van der Waals surface area contributed by atoms with Crippen molar-refractivity contribution < 1.29 is 14.0 Å². The molecule has 1 aromatic heterocycles. The van der Waals surface area contributed by atoms with Gasteiger partial charge in [-0.2, -0.15) is 0 Å². The van der Waals surface area contributed by atoms with Gasteiger partial charge in [0, 0.05) is 6.54 Å². The van der Waals surface area contributed by atoms with Crippen molar-refractivity contribution in [2.75, 3.05) is 6.54 Å². The Morgan fingerprint density at radius 2 is 2.00 bits per heavy atom. The van der Waals surface area contributed by atoms with Crippen molar-refractivity contribution in [1.82, 2.24) is 10.6 Å². The van der Waals surface area contributed by atoms with E-state index in [1.165, 1.54) is 6.26 Å². The second kappa shape index (κ2) is 8.69. The van der Waals surface area contributed by atoms with Gasteiger partial charge in [-0.1, -0.05) is 13.8 Å². The van der Waals surface area contributed by atoms with Gasteiger partial charge in [0.05, 0.1) is 11.8 Å². The fourth-order valence-electron chi connectivity index (χ4n) is 1.88. The van der Waals surface area contributed by atoms with E-state index < -0.39 is 17.5 Å². The van der Waals surface area contributed by atoms with Gasteiger partial charge in [0.25, 0.3) is 5.91 Å². The molecule has 21 heavy (non-hydrogen) atoms. The van der Waals surface area contributed by atoms with Crippen LogP contribution >= 0.6 is 12.4 Å². The molecule has 0 saturated heterocycles. The topological polar surface area (TPSA) is 97.4 Å². The van der Waals surface area contributed by atoms with Crippen molar-refractivity contribution in [1.29, 1.82) is 0 Å². The van der Waals surface area contributed by atoms with Crippen LogP contribution in [0.2, 0.25) is 0 Å². The van der Waals surface area contributed by atoms with Crippen molar-refractivity contribution in [3.8, 4) is 0 Å². The molecule has 1 atom stereocenters. The van der Waals surface area contributed by atoms with Gasteiger partial charge in [0.2, 0.25) is 5.91 Å². The van der Waals surface area contributed by atoms with E-state index in [1.54, 1.807) is 19.1 Å². The standard InChI is InChI=1S/C14H23N3O3.ClH/c1-4-14(5-2,9-15)17-12(18)10(3)16-13(19)11-7-6-8-20-11;/h6-8,10H,4-5,9,15H2,1-3H3,(H,16,19)(H,17,18);1H. The summed E-state index contributed by atoms with van der Waals surface area (Å²) in [7, 11) is 0.